The molecule has 1 heterocycles. The van der Waals surface area contributed by atoms with Gasteiger partial charge in [-0.1, -0.05) is 24.4 Å². The number of carbonyl (C=O) groups is 1. The average molecular weight is 281 g/mol. The van der Waals surface area contributed by atoms with Crippen molar-refractivity contribution >= 4 is 6.09 Å². The van der Waals surface area contributed by atoms with Gasteiger partial charge in [0.15, 0.2) is 5.82 Å². The largest absolute Gasteiger partial charge is 0.444 e. The Bertz CT molecular complexity index is 445. The van der Waals surface area contributed by atoms with Gasteiger partial charge in [-0.15, -0.1) is 0 Å². The van der Waals surface area contributed by atoms with Gasteiger partial charge in [0.05, 0.1) is 6.54 Å². The molecule has 1 N–H and O–H groups in total. The summed E-state index contributed by atoms with van der Waals surface area (Å²) in [6.45, 7) is 5.69. The van der Waals surface area contributed by atoms with E-state index in [1.807, 2.05) is 20.8 Å². The molecular formula is C14H23N3O3. The maximum absolute atomic E-state index is 11.5. The van der Waals surface area contributed by atoms with Crippen LogP contribution in [0.4, 0.5) is 4.79 Å². The van der Waals surface area contributed by atoms with E-state index in [4.69, 9.17) is 9.26 Å². The molecule has 1 aliphatic carbocycles. The molecule has 1 aromatic rings. The van der Waals surface area contributed by atoms with Crippen molar-refractivity contribution in [3.63, 3.8) is 0 Å². The fourth-order valence-electron chi connectivity index (χ4n) is 2.32. The number of carbonyl (C=O) groups excluding carboxylic acids is 1. The van der Waals surface area contributed by atoms with Gasteiger partial charge in [0, 0.05) is 5.92 Å². The van der Waals surface area contributed by atoms with Crippen molar-refractivity contribution < 1.29 is 14.1 Å². The maximum atomic E-state index is 11.5. The molecule has 6 heteroatoms. The Morgan fingerprint density at radius 3 is 2.70 bits per heavy atom. The zero-order valence-corrected chi connectivity index (χ0v) is 12.4. The Morgan fingerprint density at radius 1 is 1.35 bits per heavy atom. The van der Waals surface area contributed by atoms with Gasteiger partial charge < -0.3 is 14.6 Å². The van der Waals surface area contributed by atoms with Crippen LogP contribution in [0.3, 0.4) is 0 Å². The average Bonchev–Trinajstić information content (AvgIpc) is 2.84. The second-order valence-electron chi connectivity index (χ2n) is 6.24. The van der Waals surface area contributed by atoms with E-state index in [2.05, 4.69) is 15.5 Å². The van der Waals surface area contributed by atoms with Gasteiger partial charge in [0.2, 0.25) is 5.89 Å². The van der Waals surface area contributed by atoms with Crippen molar-refractivity contribution in [3.05, 3.63) is 11.7 Å². The second-order valence-corrected chi connectivity index (χ2v) is 6.24. The Hall–Kier alpha value is -1.59. The van der Waals surface area contributed by atoms with E-state index in [-0.39, 0.29) is 6.54 Å². The molecule has 1 aliphatic rings. The van der Waals surface area contributed by atoms with Crippen molar-refractivity contribution in [1.29, 1.82) is 0 Å². The van der Waals surface area contributed by atoms with E-state index in [0.717, 1.165) is 12.8 Å². The van der Waals surface area contributed by atoms with E-state index < -0.39 is 11.7 Å². The van der Waals surface area contributed by atoms with Crippen LogP contribution in [0, 0.1) is 0 Å². The molecule has 1 fully saturated rings. The lowest BCUT2D eigenvalue weighted by Crippen LogP contribution is -2.32. The highest BCUT2D eigenvalue weighted by molar-refractivity contribution is 5.67. The van der Waals surface area contributed by atoms with Crippen molar-refractivity contribution in [2.75, 3.05) is 0 Å². The van der Waals surface area contributed by atoms with Gasteiger partial charge in [0.1, 0.15) is 5.60 Å². The minimum Gasteiger partial charge on any atom is -0.444 e. The first-order chi connectivity index (χ1) is 9.44. The van der Waals surface area contributed by atoms with E-state index in [1.54, 1.807) is 0 Å². The molecule has 0 unspecified atom stereocenters. The molecule has 112 valence electrons. The van der Waals surface area contributed by atoms with Crippen LogP contribution in [0.25, 0.3) is 0 Å². The van der Waals surface area contributed by atoms with Crippen LogP contribution in [-0.4, -0.2) is 21.8 Å². The Labute approximate surface area is 119 Å². The summed E-state index contributed by atoms with van der Waals surface area (Å²) < 4.78 is 10.4. The number of hydrogen-bond acceptors (Lipinski definition) is 5. The van der Waals surface area contributed by atoms with Crippen LogP contribution < -0.4 is 5.32 Å². The van der Waals surface area contributed by atoms with Gasteiger partial charge in [-0.2, -0.15) is 4.98 Å². The number of ether oxygens (including phenoxy) is 1. The van der Waals surface area contributed by atoms with Crippen LogP contribution in [0.15, 0.2) is 4.52 Å². The number of amides is 1. The monoisotopic (exact) mass is 281 g/mol. The zero-order valence-electron chi connectivity index (χ0n) is 12.4. The minimum atomic E-state index is -0.505. The Balaban J connectivity index is 1.82. The van der Waals surface area contributed by atoms with Crippen LogP contribution >= 0.6 is 0 Å². The quantitative estimate of drug-likeness (QED) is 0.921. The van der Waals surface area contributed by atoms with Crippen molar-refractivity contribution in [2.24, 2.45) is 0 Å². The lowest BCUT2D eigenvalue weighted by molar-refractivity contribution is 0.0522. The van der Waals surface area contributed by atoms with Crippen LogP contribution in [-0.2, 0) is 11.3 Å². The first kappa shape index (κ1) is 14.8. The third-order valence-electron chi connectivity index (χ3n) is 3.23. The van der Waals surface area contributed by atoms with Crippen molar-refractivity contribution in [3.8, 4) is 0 Å². The lowest BCUT2D eigenvalue weighted by Gasteiger charge is -2.19. The van der Waals surface area contributed by atoms with Gasteiger partial charge in [-0.05, 0) is 33.6 Å². The predicted molar refractivity (Wildman–Crippen MR) is 73.2 cm³/mol. The standard InChI is InChI=1S/C14H23N3O3/c1-14(2,3)19-13(18)15-9-11-16-12(20-17-11)10-7-5-4-6-8-10/h10H,4-9H2,1-3H3,(H,15,18). The molecule has 0 atom stereocenters. The highest BCUT2D eigenvalue weighted by Crippen LogP contribution is 2.31. The molecule has 0 radical (unpaired) electrons. The van der Waals surface area contributed by atoms with Gasteiger partial charge in [-0.3, -0.25) is 0 Å². The molecule has 6 nitrogen and oxygen atoms in total. The summed E-state index contributed by atoms with van der Waals surface area (Å²) in [4.78, 5) is 15.9. The summed E-state index contributed by atoms with van der Waals surface area (Å²) in [5, 5.41) is 6.53. The Morgan fingerprint density at radius 2 is 2.05 bits per heavy atom. The number of nitrogens with one attached hydrogen (secondary N) is 1. The summed E-state index contributed by atoms with van der Waals surface area (Å²) in [5.74, 6) is 1.58. The first-order valence-electron chi connectivity index (χ1n) is 7.23. The van der Waals surface area contributed by atoms with Crippen molar-refractivity contribution in [1.82, 2.24) is 15.5 Å². The smallest absolute Gasteiger partial charge is 0.408 e. The molecule has 1 aromatic heterocycles. The molecule has 0 aliphatic heterocycles. The van der Waals surface area contributed by atoms with Gasteiger partial charge >= 0.3 is 6.09 Å². The number of hydrogen-bond donors (Lipinski definition) is 1. The molecular weight excluding hydrogens is 258 g/mol. The molecule has 20 heavy (non-hydrogen) atoms. The lowest BCUT2D eigenvalue weighted by atomic mass is 9.89. The summed E-state index contributed by atoms with van der Waals surface area (Å²) in [6, 6.07) is 0. The normalized spacial score (nSPS) is 16.9. The Kier molecular flexibility index (Phi) is 4.62. The minimum absolute atomic E-state index is 0.227. The highest BCUT2D eigenvalue weighted by atomic mass is 16.6. The van der Waals surface area contributed by atoms with Crippen LogP contribution in [0.5, 0.6) is 0 Å². The van der Waals surface area contributed by atoms with Gasteiger partial charge in [-0.25, -0.2) is 4.79 Å². The third kappa shape index (κ3) is 4.51. The zero-order chi connectivity index (χ0) is 14.6. The SMILES string of the molecule is CC(C)(C)OC(=O)NCc1noc(C2CCCCC2)n1. The fraction of sp³-hybridized carbons (Fsp3) is 0.786. The maximum Gasteiger partial charge on any atom is 0.408 e. The molecule has 0 bridgehead atoms. The van der Waals surface area contributed by atoms with Gasteiger partial charge in [0.25, 0.3) is 0 Å². The van der Waals surface area contributed by atoms with Crippen LogP contribution in [0.2, 0.25) is 0 Å². The molecule has 1 amide bonds. The third-order valence-corrected chi connectivity index (χ3v) is 3.23. The summed E-state index contributed by atoms with van der Waals surface area (Å²) >= 11 is 0. The van der Waals surface area contributed by atoms with E-state index in [1.165, 1.54) is 19.3 Å². The van der Waals surface area contributed by atoms with Crippen molar-refractivity contribution in [2.45, 2.75) is 70.9 Å². The molecule has 2 rings (SSSR count). The summed E-state index contributed by atoms with van der Waals surface area (Å²) in [6.07, 6.45) is 5.48. The number of rotatable bonds is 3. The number of aromatic nitrogens is 2. The van der Waals surface area contributed by atoms with E-state index >= 15 is 0 Å². The van der Waals surface area contributed by atoms with E-state index in [0.29, 0.717) is 17.6 Å². The summed E-state index contributed by atoms with van der Waals surface area (Å²) in [5.41, 5.74) is -0.505. The summed E-state index contributed by atoms with van der Waals surface area (Å²) in [7, 11) is 0. The molecule has 0 spiro atoms. The first-order valence-corrected chi connectivity index (χ1v) is 7.23. The number of nitrogens with zero attached hydrogens (tertiary/aromatic N) is 2. The second kappa shape index (κ2) is 6.24. The number of alkyl carbamates (subject to hydrolysis) is 1. The van der Waals surface area contributed by atoms with E-state index in [9.17, 15) is 4.79 Å². The topological polar surface area (TPSA) is 77.2 Å². The fourth-order valence-corrected chi connectivity index (χ4v) is 2.32. The van der Waals surface area contributed by atoms with Crippen LogP contribution in [0.1, 0.15) is 70.5 Å². The molecule has 1 saturated carbocycles. The molecule has 0 saturated heterocycles. The molecule has 0 aromatic carbocycles. The predicted octanol–water partition coefficient (Wildman–Crippen LogP) is 3.14. The highest BCUT2D eigenvalue weighted by Gasteiger charge is 2.22.